The van der Waals surface area contributed by atoms with Gasteiger partial charge in [-0.15, -0.1) is 0 Å². The molecule has 3 unspecified atom stereocenters. The third-order valence-electron chi connectivity index (χ3n) is 7.93. The molecule has 3 heterocycles. The molecule has 2 N–H and O–H groups in total. The van der Waals surface area contributed by atoms with Crippen LogP contribution in [0.1, 0.15) is 35.2 Å². The molecule has 10 heteroatoms. The van der Waals surface area contributed by atoms with Gasteiger partial charge >= 0.3 is 5.97 Å². The fourth-order valence-corrected chi connectivity index (χ4v) is 7.22. The van der Waals surface area contributed by atoms with Crippen molar-refractivity contribution in [1.82, 2.24) is 14.8 Å². The molecule has 1 saturated carbocycles. The summed E-state index contributed by atoms with van der Waals surface area (Å²) in [5, 5.41) is 11.9. The summed E-state index contributed by atoms with van der Waals surface area (Å²) >= 11 is 8.02. The number of benzene rings is 2. The lowest BCUT2D eigenvalue weighted by molar-refractivity contribution is -0.144. The summed E-state index contributed by atoms with van der Waals surface area (Å²) in [6.45, 7) is 1.17. The number of nitrogens with zero attached hydrogens (tertiary/aromatic N) is 2. The Bertz CT molecular complexity index is 1420. The molecular formula is C28H27ClIN3O5. The van der Waals surface area contributed by atoms with E-state index in [4.69, 9.17) is 16.3 Å². The van der Waals surface area contributed by atoms with Gasteiger partial charge in [0.25, 0.3) is 5.91 Å². The van der Waals surface area contributed by atoms with Crippen LogP contribution in [-0.2, 0) is 16.0 Å². The fourth-order valence-electron chi connectivity index (χ4n) is 5.81. The molecule has 38 heavy (non-hydrogen) atoms. The number of nitrogens with one attached hydrogen (secondary N) is 1. The maximum absolute atomic E-state index is 13.6. The highest BCUT2D eigenvalue weighted by Gasteiger charge is 2.60. The van der Waals surface area contributed by atoms with Crippen molar-refractivity contribution in [3.8, 4) is 5.75 Å². The van der Waals surface area contributed by atoms with Crippen LogP contribution in [0.15, 0.2) is 48.7 Å². The lowest BCUT2D eigenvalue weighted by atomic mass is 9.84. The van der Waals surface area contributed by atoms with E-state index in [1.807, 2.05) is 45.8 Å². The van der Waals surface area contributed by atoms with E-state index in [0.717, 1.165) is 29.3 Å². The minimum atomic E-state index is -1.37. The summed E-state index contributed by atoms with van der Waals surface area (Å²) in [7, 11) is 0. The summed E-state index contributed by atoms with van der Waals surface area (Å²) in [4.78, 5) is 45.9. The monoisotopic (exact) mass is 647 g/mol. The molecule has 3 aromatic rings. The summed E-state index contributed by atoms with van der Waals surface area (Å²) in [5.41, 5.74) is 2.21. The van der Waals surface area contributed by atoms with Gasteiger partial charge in [-0.05, 0) is 83.8 Å². The van der Waals surface area contributed by atoms with Gasteiger partial charge in [-0.2, -0.15) is 0 Å². The highest BCUT2D eigenvalue weighted by Crippen LogP contribution is 2.49. The number of carboxylic acids is 1. The van der Waals surface area contributed by atoms with Gasteiger partial charge in [-0.3, -0.25) is 9.59 Å². The molecule has 2 aromatic carbocycles. The van der Waals surface area contributed by atoms with Gasteiger partial charge in [-0.25, -0.2) is 4.79 Å². The third-order valence-corrected chi connectivity index (χ3v) is 10.0. The Kier molecular flexibility index (Phi) is 6.54. The standard InChI is InChI=1S/C28H27ClIN3O5/c29-19-3-8-22-17(13-31-24(22)12-19)11-25(34)32-10-9-23-18(14-32)15-33(28(23,30)27(36)37)26(35)16-1-4-20(5-2-16)38-21-6-7-21/h1-5,8,12-13,18,21,23,31H,6-7,9-11,14-15H2,(H,36,37). The lowest BCUT2D eigenvalue weighted by Crippen LogP contribution is -2.53. The van der Waals surface area contributed by atoms with Crippen molar-refractivity contribution in [3.63, 3.8) is 0 Å². The molecule has 0 radical (unpaired) electrons. The van der Waals surface area contributed by atoms with Crippen molar-refractivity contribution in [2.75, 3.05) is 19.6 Å². The van der Waals surface area contributed by atoms with E-state index in [1.165, 1.54) is 4.90 Å². The van der Waals surface area contributed by atoms with Crippen LogP contribution in [-0.4, -0.2) is 67.0 Å². The molecule has 2 aliphatic heterocycles. The highest BCUT2D eigenvalue weighted by atomic mass is 127. The fraction of sp³-hybridized carbons (Fsp3) is 0.393. The first kappa shape index (κ1) is 25.5. The number of rotatable bonds is 6. The van der Waals surface area contributed by atoms with Gasteiger partial charge in [0.05, 0.1) is 12.5 Å². The predicted octanol–water partition coefficient (Wildman–Crippen LogP) is 4.74. The smallest absolute Gasteiger partial charge is 0.340 e. The number of aromatic nitrogens is 1. The van der Waals surface area contributed by atoms with Crippen molar-refractivity contribution in [1.29, 1.82) is 0 Å². The van der Waals surface area contributed by atoms with Gasteiger partial charge in [0, 0.05) is 59.2 Å². The van der Waals surface area contributed by atoms with Crippen molar-refractivity contribution in [2.24, 2.45) is 11.8 Å². The van der Waals surface area contributed by atoms with Crippen LogP contribution in [0.3, 0.4) is 0 Å². The average molecular weight is 648 g/mol. The second-order valence-corrected chi connectivity index (χ2v) is 12.5. The normalized spacial score (nSPS) is 24.9. The van der Waals surface area contributed by atoms with Crippen LogP contribution in [0.25, 0.3) is 10.9 Å². The van der Waals surface area contributed by atoms with E-state index in [1.54, 1.807) is 30.3 Å². The molecule has 6 rings (SSSR count). The first-order valence-electron chi connectivity index (χ1n) is 12.8. The van der Waals surface area contributed by atoms with Crippen LogP contribution in [0.2, 0.25) is 5.02 Å². The Labute approximate surface area is 238 Å². The van der Waals surface area contributed by atoms with Crippen LogP contribution in [0.4, 0.5) is 0 Å². The van der Waals surface area contributed by atoms with Gasteiger partial charge in [0.2, 0.25) is 5.91 Å². The quantitative estimate of drug-likeness (QED) is 0.229. The van der Waals surface area contributed by atoms with Crippen molar-refractivity contribution in [3.05, 3.63) is 64.8 Å². The molecule has 0 spiro atoms. The van der Waals surface area contributed by atoms with E-state index in [-0.39, 0.29) is 42.7 Å². The maximum Gasteiger partial charge on any atom is 0.340 e. The SMILES string of the molecule is O=C(Cc1c[nH]c2cc(Cl)ccc12)N1CCC2C(C1)CN(C(=O)c1ccc(OC3CC3)cc1)C2(I)C(=O)O. The number of carbonyl (C=O) groups is 3. The number of halogens is 2. The Morgan fingerprint density at radius 2 is 1.87 bits per heavy atom. The number of piperidine rings is 1. The van der Waals surface area contributed by atoms with E-state index < -0.39 is 9.51 Å². The van der Waals surface area contributed by atoms with E-state index in [9.17, 15) is 19.5 Å². The number of aliphatic carboxylic acids is 1. The summed E-state index contributed by atoms with van der Waals surface area (Å²) in [6, 6.07) is 12.5. The molecule has 1 aromatic heterocycles. The second kappa shape index (κ2) is 9.75. The van der Waals surface area contributed by atoms with Gasteiger partial charge in [-0.1, -0.05) is 17.7 Å². The number of alkyl halides is 1. The second-order valence-electron chi connectivity index (χ2n) is 10.4. The minimum Gasteiger partial charge on any atom is -0.490 e. The first-order valence-corrected chi connectivity index (χ1v) is 14.2. The van der Waals surface area contributed by atoms with E-state index in [2.05, 4.69) is 4.98 Å². The van der Waals surface area contributed by atoms with Crippen molar-refractivity contribution >= 4 is 62.9 Å². The summed E-state index contributed by atoms with van der Waals surface area (Å²) in [6.07, 6.45) is 4.95. The molecule has 198 valence electrons. The largest absolute Gasteiger partial charge is 0.490 e. The highest BCUT2D eigenvalue weighted by molar-refractivity contribution is 14.1. The Hall–Kier alpha value is -2.79. The van der Waals surface area contributed by atoms with Gasteiger partial charge in [0.15, 0.2) is 3.55 Å². The van der Waals surface area contributed by atoms with Crippen LogP contribution in [0, 0.1) is 11.8 Å². The number of H-pyrrole nitrogens is 1. The Balaban J connectivity index is 1.17. The molecule has 3 fully saturated rings. The molecule has 2 saturated heterocycles. The van der Waals surface area contributed by atoms with E-state index in [0.29, 0.717) is 35.8 Å². The van der Waals surface area contributed by atoms with Gasteiger partial charge in [0.1, 0.15) is 5.75 Å². The number of ether oxygens (including phenoxy) is 1. The van der Waals surface area contributed by atoms with Crippen LogP contribution >= 0.6 is 34.2 Å². The predicted molar refractivity (Wildman–Crippen MR) is 151 cm³/mol. The van der Waals surface area contributed by atoms with Crippen molar-refractivity contribution < 1.29 is 24.2 Å². The van der Waals surface area contributed by atoms with E-state index >= 15 is 0 Å². The number of carboxylic acid groups (broad SMARTS) is 1. The zero-order valence-electron chi connectivity index (χ0n) is 20.5. The summed E-state index contributed by atoms with van der Waals surface area (Å²) in [5.74, 6) is -1.00. The zero-order valence-corrected chi connectivity index (χ0v) is 23.4. The zero-order chi connectivity index (χ0) is 26.6. The minimum absolute atomic E-state index is 0.00953. The Morgan fingerprint density at radius 1 is 1.11 bits per heavy atom. The van der Waals surface area contributed by atoms with Crippen LogP contribution < -0.4 is 4.74 Å². The topological polar surface area (TPSA) is 103 Å². The number of likely N-dealkylation sites (tertiary alicyclic amines) is 2. The maximum atomic E-state index is 13.6. The number of carbonyl (C=O) groups excluding carboxylic acids is 2. The Morgan fingerprint density at radius 3 is 2.58 bits per heavy atom. The number of hydrogen-bond donors (Lipinski definition) is 2. The first-order chi connectivity index (χ1) is 18.2. The summed E-state index contributed by atoms with van der Waals surface area (Å²) < 4.78 is 4.41. The molecule has 1 aliphatic carbocycles. The third kappa shape index (κ3) is 4.53. The molecular weight excluding hydrogens is 621 g/mol. The molecule has 3 aliphatic rings. The van der Waals surface area contributed by atoms with Gasteiger partial charge < -0.3 is 24.6 Å². The van der Waals surface area contributed by atoms with Crippen LogP contribution in [0.5, 0.6) is 5.75 Å². The number of aromatic amines is 1. The molecule has 8 nitrogen and oxygen atoms in total. The molecule has 3 atom stereocenters. The number of hydrogen-bond acceptors (Lipinski definition) is 4. The lowest BCUT2D eigenvalue weighted by Gasteiger charge is -2.38. The number of fused-ring (bicyclic) bond motifs is 2. The number of amides is 2. The molecule has 0 bridgehead atoms. The average Bonchev–Trinajstić information content (AvgIpc) is 3.56. The molecule has 2 amide bonds. The van der Waals surface area contributed by atoms with Crippen molar-refractivity contribution in [2.45, 2.75) is 35.3 Å².